The molecule has 98 valence electrons. The number of hydrogen-bond acceptors (Lipinski definition) is 7. The number of aromatic nitrogens is 2. The molecule has 0 spiro atoms. The Hall–Kier alpha value is -0.570. The molecule has 0 aliphatic heterocycles. The van der Waals surface area contributed by atoms with Gasteiger partial charge in [-0.25, -0.2) is 0 Å². The first-order valence-corrected chi connectivity index (χ1v) is 7.56. The van der Waals surface area contributed by atoms with Gasteiger partial charge in [0.1, 0.15) is 18.9 Å². The molecule has 1 rings (SSSR count). The third-order valence-corrected chi connectivity index (χ3v) is 3.90. The number of ether oxygens (including phenoxy) is 1. The van der Waals surface area contributed by atoms with Crippen molar-refractivity contribution in [2.45, 2.75) is 18.3 Å². The molecule has 1 aromatic heterocycles. The molecule has 3 atom stereocenters. The second-order valence-electron chi connectivity index (χ2n) is 3.68. The van der Waals surface area contributed by atoms with Gasteiger partial charge in [0.15, 0.2) is 0 Å². The number of rotatable bonds is 8. The van der Waals surface area contributed by atoms with E-state index in [1.165, 1.54) is 6.20 Å². The molecule has 17 heavy (non-hydrogen) atoms. The summed E-state index contributed by atoms with van der Waals surface area (Å²) in [6.45, 7) is 3.08. The summed E-state index contributed by atoms with van der Waals surface area (Å²) in [5.74, 6) is 0.428. The Balaban J connectivity index is 2.09. The average Bonchev–Trinajstić information content (AvgIpc) is 2.78. The molecule has 6 nitrogen and oxygen atoms in total. The zero-order valence-electron chi connectivity index (χ0n) is 9.83. The Morgan fingerprint density at radius 2 is 2.41 bits per heavy atom. The van der Waals surface area contributed by atoms with Gasteiger partial charge in [-0.05, 0) is 6.92 Å². The summed E-state index contributed by atoms with van der Waals surface area (Å²) in [6, 6.07) is 0. The van der Waals surface area contributed by atoms with Crippen molar-refractivity contribution in [1.82, 2.24) is 14.1 Å². The number of hydrogen-bond donors (Lipinski definition) is 2. The van der Waals surface area contributed by atoms with Gasteiger partial charge in [-0.3, -0.25) is 4.21 Å². The molecular weight excluding hydrogens is 262 g/mol. The fourth-order valence-corrected chi connectivity index (χ4v) is 1.75. The van der Waals surface area contributed by atoms with Crippen LogP contribution >= 0.6 is 11.7 Å². The standard InChI is InChI=1S/C9H17N3O3S2/c1-7(17(2)14)3-10-4-8(13)6-15-9-5-11-16-12-9/h5,7-8,10,13H,3-4,6H2,1-2H3. The molecule has 0 aromatic carbocycles. The minimum atomic E-state index is -0.845. The van der Waals surface area contributed by atoms with Gasteiger partial charge in [0.25, 0.3) is 0 Å². The van der Waals surface area contributed by atoms with E-state index in [0.29, 0.717) is 19.0 Å². The van der Waals surface area contributed by atoms with Crippen LogP contribution in [0.2, 0.25) is 0 Å². The molecule has 3 unspecified atom stereocenters. The van der Waals surface area contributed by atoms with Crippen molar-refractivity contribution in [1.29, 1.82) is 0 Å². The van der Waals surface area contributed by atoms with Gasteiger partial charge >= 0.3 is 0 Å². The summed E-state index contributed by atoms with van der Waals surface area (Å²) in [5.41, 5.74) is 0. The molecule has 0 amide bonds. The minimum Gasteiger partial charge on any atom is -0.473 e. The topological polar surface area (TPSA) is 84.3 Å². The highest BCUT2D eigenvalue weighted by Crippen LogP contribution is 2.04. The molecule has 0 radical (unpaired) electrons. The maximum atomic E-state index is 11.1. The van der Waals surface area contributed by atoms with Crippen molar-refractivity contribution in [2.75, 3.05) is 26.0 Å². The highest BCUT2D eigenvalue weighted by Gasteiger charge is 2.09. The summed E-state index contributed by atoms with van der Waals surface area (Å²) in [7, 11) is -0.845. The highest BCUT2D eigenvalue weighted by molar-refractivity contribution is 7.84. The quantitative estimate of drug-likeness (QED) is 0.676. The van der Waals surface area contributed by atoms with Gasteiger partial charge in [0.2, 0.25) is 5.88 Å². The first kappa shape index (κ1) is 14.5. The SMILES string of the molecule is CC(CNCC(O)COc1cnsn1)S(C)=O. The van der Waals surface area contributed by atoms with E-state index < -0.39 is 16.9 Å². The van der Waals surface area contributed by atoms with Crippen LogP contribution in [-0.4, -0.2) is 55.4 Å². The van der Waals surface area contributed by atoms with Crippen LogP contribution in [0.5, 0.6) is 5.88 Å². The molecule has 2 N–H and O–H groups in total. The lowest BCUT2D eigenvalue weighted by Gasteiger charge is -2.13. The Morgan fingerprint density at radius 1 is 1.65 bits per heavy atom. The average molecular weight is 279 g/mol. The van der Waals surface area contributed by atoms with E-state index in [4.69, 9.17) is 4.74 Å². The molecule has 8 heteroatoms. The third-order valence-electron chi connectivity index (χ3n) is 2.14. The largest absolute Gasteiger partial charge is 0.473 e. The molecule has 0 saturated heterocycles. The van der Waals surface area contributed by atoms with Crippen molar-refractivity contribution in [3.8, 4) is 5.88 Å². The molecule has 0 aliphatic rings. The van der Waals surface area contributed by atoms with Gasteiger partial charge in [-0.1, -0.05) is 0 Å². The Bertz CT molecular complexity index is 334. The lowest BCUT2D eigenvalue weighted by atomic mass is 10.3. The van der Waals surface area contributed by atoms with E-state index >= 15 is 0 Å². The van der Waals surface area contributed by atoms with Crippen LogP contribution in [-0.2, 0) is 10.8 Å². The summed E-state index contributed by atoms with van der Waals surface area (Å²) in [6.07, 6.45) is 2.56. The highest BCUT2D eigenvalue weighted by atomic mass is 32.2. The van der Waals surface area contributed by atoms with Crippen molar-refractivity contribution in [3.63, 3.8) is 0 Å². The van der Waals surface area contributed by atoms with Crippen LogP contribution in [0.15, 0.2) is 6.20 Å². The molecule has 0 saturated carbocycles. The smallest absolute Gasteiger partial charge is 0.245 e. The molecule has 0 bridgehead atoms. The normalized spacial score (nSPS) is 16.4. The van der Waals surface area contributed by atoms with Crippen molar-refractivity contribution >= 4 is 22.5 Å². The Kier molecular flexibility index (Phi) is 6.56. The molecular formula is C9H17N3O3S2. The van der Waals surface area contributed by atoms with Crippen molar-refractivity contribution in [3.05, 3.63) is 6.20 Å². The Labute approximate surface area is 107 Å². The minimum absolute atomic E-state index is 0.0749. The summed E-state index contributed by atoms with van der Waals surface area (Å²) < 4.78 is 23.9. The van der Waals surface area contributed by atoms with Crippen molar-refractivity contribution < 1.29 is 14.1 Å². The molecule has 1 aromatic rings. The molecule has 0 fully saturated rings. The molecule has 0 aliphatic carbocycles. The predicted octanol–water partition coefficient (Wildman–Crippen LogP) is -0.366. The second-order valence-corrected chi connectivity index (χ2v) is 6.04. The van der Waals surface area contributed by atoms with E-state index in [0.717, 1.165) is 11.7 Å². The molecule has 1 heterocycles. The van der Waals surface area contributed by atoms with E-state index in [1.807, 2.05) is 6.92 Å². The number of aliphatic hydroxyl groups is 1. The number of nitrogens with zero attached hydrogens (tertiary/aromatic N) is 2. The third kappa shape index (κ3) is 6.06. The van der Waals surface area contributed by atoms with Gasteiger partial charge in [0, 0.05) is 35.4 Å². The van der Waals surface area contributed by atoms with Crippen LogP contribution < -0.4 is 10.1 Å². The fourth-order valence-electron chi connectivity index (χ4n) is 1.03. The first-order valence-electron chi connectivity index (χ1n) is 5.21. The van der Waals surface area contributed by atoms with Gasteiger partial charge < -0.3 is 15.2 Å². The van der Waals surface area contributed by atoms with E-state index in [2.05, 4.69) is 14.1 Å². The van der Waals surface area contributed by atoms with Crippen LogP contribution in [0.25, 0.3) is 0 Å². The lowest BCUT2D eigenvalue weighted by molar-refractivity contribution is 0.104. The van der Waals surface area contributed by atoms with Crippen LogP contribution in [0, 0.1) is 0 Å². The number of aliphatic hydroxyl groups excluding tert-OH is 1. The van der Waals surface area contributed by atoms with Crippen LogP contribution in [0.1, 0.15) is 6.92 Å². The van der Waals surface area contributed by atoms with E-state index in [9.17, 15) is 9.32 Å². The summed E-state index contributed by atoms with van der Waals surface area (Å²) in [4.78, 5) is 0. The lowest BCUT2D eigenvalue weighted by Crippen LogP contribution is -2.36. The van der Waals surface area contributed by atoms with E-state index in [-0.39, 0.29) is 11.9 Å². The predicted molar refractivity (Wildman–Crippen MR) is 67.8 cm³/mol. The maximum Gasteiger partial charge on any atom is 0.245 e. The van der Waals surface area contributed by atoms with Gasteiger partial charge in [-0.2, -0.15) is 4.37 Å². The van der Waals surface area contributed by atoms with Crippen LogP contribution in [0.3, 0.4) is 0 Å². The summed E-state index contributed by atoms with van der Waals surface area (Å²) >= 11 is 1.06. The zero-order chi connectivity index (χ0) is 12.7. The van der Waals surface area contributed by atoms with Crippen molar-refractivity contribution in [2.24, 2.45) is 0 Å². The zero-order valence-corrected chi connectivity index (χ0v) is 11.5. The fraction of sp³-hybridized carbons (Fsp3) is 0.778. The number of nitrogens with one attached hydrogen (secondary N) is 1. The Morgan fingerprint density at radius 3 is 3.00 bits per heavy atom. The van der Waals surface area contributed by atoms with E-state index in [1.54, 1.807) is 6.26 Å². The second kappa shape index (κ2) is 7.70. The van der Waals surface area contributed by atoms with Gasteiger partial charge in [0.05, 0.1) is 11.7 Å². The maximum absolute atomic E-state index is 11.1. The van der Waals surface area contributed by atoms with Gasteiger partial charge in [-0.15, -0.1) is 4.37 Å². The monoisotopic (exact) mass is 279 g/mol. The summed E-state index contributed by atoms with van der Waals surface area (Å²) in [5, 5.41) is 12.7. The van der Waals surface area contributed by atoms with Crippen LogP contribution in [0.4, 0.5) is 0 Å². The first-order chi connectivity index (χ1) is 8.09.